The zero-order chi connectivity index (χ0) is 10.9. The standard InChI is InChI=1S/C10H16N2O2/c1-6(2)5-12-8(4)9(13)11-7(3)10(12)14/h7-8H,1,5H2,2-4H3,(H,11,13). The van der Waals surface area contributed by atoms with E-state index in [2.05, 4.69) is 11.9 Å². The molecule has 0 spiro atoms. The fourth-order valence-corrected chi connectivity index (χ4v) is 1.48. The molecular weight excluding hydrogens is 180 g/mol. The Balaban J connectivity index is 2.82. The van der Waals surface area contributed by atoms with Crippen molar-refractivity contribution in [2.24, 2.45) is 0 Å². The molecule has 1 N–H and O–H groups in total. The SMILES string of the molecule is C=C(C)CN1C(=O)C(C)NC(=O)C1C. The van der Waals surface area contributed by atoms with Crippen LogP contribution in [0.1, 0.15) is 20.8 Å². The van der Waals surface area contributed by atoms with Crippen LogP contribution in [-0.2, 0) is 9.59 Å². The van der Waals surface area contributed by atoms with Crippen LogP contribution in [0, 0.1) is 0 Å². The van der Waals surface area contributed by atoms with Crippen molar-refractivity contribution in [2.75, 3.05) is 6.54 Å². The molecule has 78 valence electrons. The molecule has 2 amide bonds. The summed E-state index contributed by atoms with van der Waals surface area (Å²) in [5.41, 5.74) is 0.882. The summed E-state index contributed by atoms with van der Waals surface area (Å²) in [5.74, 6) is -0.140. The number of nitrogens with zero attached hydrogens (tertiary/aromatic N) is 1. The molecule has 0 aromatic rings. The molecule has 2 atom stereocenters. The Morgan fingerprint density at radius 3 is 2.57 bits per heavy atom. The van der Waals surface area contributed by atoms with Gasteiger partial charge in [0.25, 0.3) is 0 Å². The average molecular weight is 196 g/mol. The fraction of sp³-hybridized carbons (Fsp3) is 0.600. The smallest absolute Gasteiger partial charge is 0.245 e. The molecule has 0 aromatic carbocycles. The predicted octanol–water partition coefficient (Wildman–Crippen LogP) is 0.298. The molecule has 1 saturated heterocycles. The van der Waals surface area contributed by atoms with Crippen molar-refractivity contribution in [1.29, 1.82) is 0 Å². The van der Waals surface area contributed by atoms with E-state index < -0.39 is 12.1 Å². The highest BCUT2D eigenvalue weighted by atomic mass is 16.2. The minimum atomic E-state index is -0.418. The van der Waals surface area contributed by atoms with Crippen LogP contribution in [0.2, 0.25) is 0 Å². The lowest BCUT2D eigenvalue weighted by molar-refractivity contribution is -0.147. The lowest BCUT2D eigenvalue weighted by atomic mass is 10.1. The van der Waals surface area contributed by atoms with Gasteiger partial charge in [-0.2, -0.15) is 0 Å². The molecule has 4 nitrogen and oxygen atoms in total. The van der Waals surface area contributed by atoms with E-state index in [1.165, 1.54) is 0 Å². The van der Waals surface area contributed by atoms with Crippen LogP contribution in [0.5, 0.6) is 0 Å². The third-order valence-electron chi connectivity index (χ3n) is 2.30. The molecule has 14 heavy (non-hydrogen) atoms. The van der Waals surface area contributed by atoms with Gasteiger partial charge in [0.1, 0.15) is 12.1 Å². The van der Waals surface area contributed by atoms with Crippen molar-refractivity contribution in [3.05, 3.63) is 12.2 Å². The average Bonchev–Trinajstić information content (AvgIpc) is 2.09. The summed E-state index contributed by atoms with van der Waals surface area (Å²) in [7, 11) is 0. The maximum Gasteiger partial charge on any atom is 0.245 e. The summed E-state index contributed by atoms with van der Waals surface area (Å²) in [6, 6.07) is -0.812. The maximum atomic E-state index is 11.7. The second kappa shape index (κ2) is 3.82. The van der Waals surface area contributed by atoms with Crippen molar-refractivity contribution < 1.29 is 9.59 Å². The highest BCUT2D eigenvalue weighted by Gasteiger charge is 2.35. The number of hydrogen-bond donors (Lipinski definition) is 1. The van der Waals surface area contributed by atoms with E-state index in [1.54, 1.807) is 18.7 Å². The van der Waals surface area contributed by atoms with Gasteiger partial charge in [-0.25, -0.2) is 0 Å². The first-order valence-corrected chi connectivity index (χ1v) is 4.68. The van der Waals surface area contributed by atoms with E-state index in [-0.39, 0.29) is 11.8 Å². The number of rotatable bonds is 2. The summed E-state index contributed by atoms with van der Waals surface area (Å²) in [4.78, 5) is 24.7. The lowest BCUT2D eigenvalue weighted by Gasteiger charge is -2.36. The number of carbonyl (C=O) groups is 2. The highest BCUT2D eigenvalue weighted by molar-refractivity contribution is 5.96. The van der Waals surface area contributed by atoms with Crippen molar-refractivity contribution in [1.82, 2.24) is 10.2 Å². The molecule has 0 aromatic heterocycles. The van der Waals surface area contributed by atoms with E-state index in [0.717, 1.165) is 5.57 Å². The number of amides is 2. The number of hydrogen-bond acceptors (Lipinski definition) is 2. The summed E-state index contributed by atoms with van der Waals surface area (Å²) < 4.78 is 0. The van der Waals surface area contributed by atoms with Gasteiger partial charge < -0.3 is 10.2 Å². The summed E-state index contributed by atoms with van der Waals surface area (Å²) >= 11 is 0. The summed E-state index contributed by atoms with van der Waals surface area (Å²) in [6.07, 6.45) is 0. The highest BCUT2D eigenvalue weighted by Crippen LogP contribution is 2.11. The lowest BCUT2D eigenvalue weighted by Crippen LogP contribution is -2.61. The van der Waals surface area contributed by atoms with Crippen LogP contribution < -0.4 is 5.32 Å². The van der Waals surface area contributed by atoms with Gasteiger partial charge in [0.15, 0.2) is 0 Å². The van der Waals surface area contributed by atoms with Crippen molar-refractivity contribution in [2.45, 2.75) is 32.9 Å². The minimum absolute atomic E-state index is 0.0416. The van der Waals surface area contributed by atoms with Crippen LogP contribution in [0.3, 0.4) is 0 Å². The molecule has 1 aliphatic rings. The first-order valence-electron chi connectivity index (χ1n) is 4.68. The Hall–Kier alpha value is -1.32. The molecule has 1 rings (SSSR count). The summed E-state index contributed by atoms with van der Waals surface area (Å²) in [6.45, 7) is 9.46. The molecule has 2 unspecified atom stereocenters. The van der Waals surface area contributed by atoms with Gasteiger partial charge in [0.05, 0.1) is 0 Å². The van der Waals surface area contributed by atoms with Crippen LogP contribution in [-0.4, -0.2) is 35.3 Å². The first kappa shape index (κ1) is 10.8. The van der Waals surface area contributed by atoms with E-state index in [9.17, 15) is 9.59 Å². The van der Waals surface area contributed by atoms with Crippen LogP contribution in [0.4, 0.5) is 0 Å². The molecule has 0 saturated carbocycles. The van der Waals surface area contributed by atoms with Crippen molar-refractivity contribution in [3.63, 3.8) is 0 Å². The van der Waals surface area contributed by atoms with Crippen molar-refractivity contribution in [3.8, 4) is 0 Å². The van der Waals surface area contributed by atoms with E-state index in [4.69, 9.17) is 0 Å². The third kappa shape index (κ3) is 1.95. The van der Waals surface area contributed by atoms with Crippen LogP contribution in [0.25, 0.3) is 0 Å². The molecule has 0 radical (unpaired) electrons. The predicted molar refractivity (Wildman–Crippen MR) is 53.6 cm³/mol. The number of carbonyl (C=O) groups excluding carboxylic acids is 2. The van der Waals surface area contributed by atoms with Gasteiger partial charge in [0.2, 0.25) is 11.8 Å². The Bertz CT molecular complexity index is 286. The fourth-order valence-electron chi connectivity index (χ4n) is 1.48. The van der Waals surface area contributed by atoms with Gasteiger partial charge in [-0.3, -0.25) is 9.59 Å². The molecule has 4 heteroatoms. The monoisotopic (exact) mass is 196 g/mol. The van der Waals surface area contributed by atoms with Gasteiger partial charge in [-0.15, -0.1) is 0 Å². The Kier molecular flexibility index (Phi) is 2.93. The number of nitrogens with one attached hydrogen (secondary N) is 1. The maximum absolute atomic E-state index is 11.7. The van der Waals surface area contributed by atoms with Crippen LogP contribution in [0.15, 0.2) is 12.2 Å². The topological polar surface area (TPSA) is 49.4 Å². The Labute approximate surface area is 84.0 Å². The Morgan fingerprint density at radius 1 is 1.50 bits per heavy atom. The zero-order valence-corrected chi connectivity index (χ0v) is 8.83. The molecule has 0 bridgehead atoms. The molecule has 1 fully saturated rings. The molecule has 0 aliphatic carbocycles. The van der Waals surface area contributed by atoms with Crippen LogP contribution >= 0.6 is 0 Å². The largest absolute Gasteiger partial charge is 0.343 e. The van der Waals surface area contributed by atoms with E-state index >= 15 is 0 Å². The van der Waals surface area contributed by atoms with Gasteiger partial charge in [-0.05, 0) is 20.8 Å². The summed E-state index contributed by atoms with van der Waals surface area (Å²) in [5, 5.41) is 2.62. The van der Waals surface area contributed by atoms with E-state index in [1.807, 2.05) is 6.92 Å². The first-order chi connectivity index (χ1) is 6.43. The number of piperazine rings is 1. The van der Waals surface area contributed by atoms with Gasteiger partial charge in [0, 0.05) is 6.54 Å². The molecular formula is C10H16N2O2. The molecule has 1 aliphatic heterocycles. The van der Waals surface area contributed by atoms with Gasteiger partial charge >= 0.3 is 0 Å². The zero-order valence-electron chi connectivity index (χ0n) is 8.83. The third-order valence-corrected chi connectivity index (χ3v) is 2.30. The quantitative estimate of drug-likeness (QED) is 0.646. The normalized spacial score (nSPS) is 27.5. The molecule has 1 heterocycles. The second-order valence-electron chi connectivity index (χ2n) is 3.83. The second-order valence-corrected chi connectivity index (χ2v) is 3.83. The van der Waals surface area contributed by atoms with E-state index in [0.29, 0.717) is 6.54 Å². The minimum Gasteiger partial charge on any atom is -0.343 e. The van der Waals surface area contributed by atoms with Gasteiger partial charge in [-0.1, -0.05) is 12.2 Å². The van der Waals surface area contributed by atoms with Crippen molar-refractivity contribution >= 4 is 11.8 Å². The Morgan fingerprint density at radius 2 is 2.07 bits per heavy atom.